The molecule has 2 rings (SSSR count). The van der Waals surface area contributed by atoms with Crippen LogP contribution in [0.2, 0.25) is 0 Å². The number of carbonyl (C=O) groups excluding carboxylic acids is 1. The van der Waals surface area contributed by atoms with Gasteiger partial charge in [0.05, 0.1) is 0 Å². The number of nitrogens with zero attached hydrogens (tertiary/aromatic N) is 2. The molecule has 94 valence electrons. The van der Waals surface area contributed by atoms with E-state index in [0.717, 1.165) is 24.6 Å². The highest BCUT2D eigenvalue weighted by molar-refractivity contribution is 7.99. The molecular weight excluding hydrogens is 236 g/mol. The average molecular weight is 254 g/mol. The Bertz CT molecular complexity index is 373. The highest BCUT2D eigenvalue weighted by atomic mass is 32.2. The van der Waals surface area contributed by atoms with E-state index in [1.54, 1.807) is 4.68 Å². The third-order valence-electron chi connectivity index (χ3n) is 2.66. The highest BCUT2D eigenvalue weighted by Crippen LogP contribution is 2.11. The molecule has 0 radical (unpaired) electrons. The summed E-state index contributed by atoms with van der Waals surface area (Å²) in [6.07, 6.45) is 2.39. The van der Waals surface area contributed by atoms with Crippen molar-refractivity contribution in [1.82, 2.24) is 15.1 Å². The molecule has 1 amide bonds. The Kier molecular flexibility index (Phi) is 4.44. The standard InChI is InChI=1S/C11H18N4OS/c1-2-15-5-3-10(14-15)13-11(16)7-9-8-17-6-4-12-9/h3,5,9,12H,2,4,6-8H2,1H3,(H,13,14,16). The predicted molar refractivity (Wildman–Crippen MR) is 70.3 cm³/mol. The van der Waals surface area contributed by atoms with Gasteiger partial charge in [0.1, 0.15) is 0 Å². The average Bonchev–Trinajstić information content (AvgIpc) is 2.78. The van der Waals surface area contributed by atoms with Gasteiger partial charge < -0.3 is 10.6 Å². The van der Waals surface area contributed by atoms with Gasteiger partial charge in [0, 0.05) is 49.3 Å². The molecule has 2 heterocycles. The minimum absolute atomic E-state index is 0.0337. The fraction of sp³-hybridized carbons (Fsp3) is 0.636. The lowest BCUT2D eigenvalue weighted by Crippen LogP contribution is -2.39. The van der Waals surface area contributed by atoms with Crippen molar-refractivity contribution in [1.29, 1.82) is 0 Å². The summed E-state index contributed by atoms with van der Waals surface area (Å²) in [4.78, 5) is 11.8. The first-order chi connectivity index (χ1) is 8.28. The summed E-state index contributed by atoms with van der Waals surface area (Å²) in [7, 11) is 0. The van der Waals surface area contributed by atoms with E-state index in [1.807, 2.05) is 30.9 Å². The number of hydrogen-bond donors (Lipinski definition) is 2. The monoisotopic (exact) mass is 254 g/mol. The molecule has 0 bridgehead atoms. The van der Waals surface area contributed by atoms with Crippen molar-refractivity contribution < 1.29 is 4.79 Å². The molecule has 1 unspecified atom stereocenters. The molecule has 0 aromatic carbocycles. The zero-order valence-corrected chi connectivity index (χ0v) is 10.8. The zero-order chi connectivity index (χ0) is 12.1. The summed E-state index contributed by atoms with van der Waals surface area (Å²) in [6, 6.07) is 2.12. The van der Waals surface area contributed by atoms with Crippen molar-refractivity contribution in [2.75, 3.05) is 23.4 Å². The lowest BCUT2D eigenvalue weighted by atomic mass is 10.2. The SMILES string of the molecule is CCn1ccc(NC(=O)CC2CSCCN2)n1. The van der Waals surface area contributed by atoms with E-state index in [0.29, 0.717) is 18.3 Å². The molecule has 1 aromatic heterocycles. The number of aromatic nitrogens is 2. The number of nitrogens with one attached hydrogen (secondary N) is 2. The smallest absolute Gasteiger partial charge is 0.227 e. The van der Waals surface area contributed by atoms with Gasteiger partial charge in [-0.2, -0.15) is 16.9 Å². The molecule has 1 saturated heterocycles. The minimum atomic E-state index is 0.0337. The number of carbonyl (C=O) groups is 1. The second-order valence-corrected chi connectivity index (χ2v) is 5.18. The number of amides is 1. The number of aryl methyl sites for hydroxylation is 1. The first kappa shape index (κ1) is 12.4. The van der Waals surface area contributed by atoms with Gasteiger partial charge in [0.2, 0.25) is 5.91 Å². The summed E-state index contributed by atoms with van der Waals surface area (Å²) < 4.78 is 1.80. The third-order valence-corrected chi connectivity index (χ3v) is 3.79. The van der Waals surface area contributed by atoms with Crippen LogP contribution in [0, 0.1) is 0 Å². The molecule has 5 nitrogen and oxygen atoms in total. The van der Waals surface area contributed by atoms with E-state index < -0.39 is 0 Å². The van der Waals surface area contributed by atoms with Gasteiger partial charge in [0.15, 0.2) is 5.82 Å². The fourth-order valence-electron chi connectivity index (χ4n) is 1.77. The molecule has 0 aliphatic carbocycles. The second-order valence-electron chi connectivity index (χ2n) is 4.03. The van der Waals surface area contributed by atoms with Crippen molar-refractivity contribution in [3.63, 3.8) is 0 Å². The van der Waals surface area contributed by atoms with Crippen LogP contribution in [-0.2, 0) is 11.3 Å². The van der Waals surface area contributed by atoms with E-state index in [9.17, 15) is 4.79 Å². The van der Waals surface area contributed by atoms with Gasteiger partial charge >= 0.3 is 0 Å². The molecule has 1 aliphatic heterocycles. The van der Waals surface area contributed by atoms with Gasteiger partial charge in [-0.25, -0.2) is 0 Å². The maximum Gasteiger partial charge on any atom is 0.227 e. The lowest BCUT2D eigenvalue weighted by Gasteiger charge is -2.22. The predicted octanol–water partition coefficient (Wildman–Crippen LogP) is 0.937. The normalized spacial score (nSPS) is 20.2. The molecule has 0 spiro atoms. The largest absolute Gasteiger partial charge is 0.312 e. The summed E-state index contributed by atoms with van der Waals surface area (Å²) in [5, 5.41) is 10.4. The molecule has 1 aromatic rings. The van der Waals surface area contributed by atoms with Gasteiger partial charge in [0.25, 0.3) is 0 Å². The third kappa shape index (κ3) is 3.74. The summed E-state index contributed by atoms with van der Waals surface area (Å²) in [6.45, 7) is 3.82. The number of hydrogen-bond acceptors (Lipinski definition) is 4. The second kappa shape index (κ2) is 6.07. The van der Waals surface area contributed by atoms with Crippen LogP contribution in [0.4, 0.5) is 5.82 Å². The van der Waals surface area contributed by atoms with Gasteiger partial charge in [-0.3, -0.25) is 9.48 Å². The fourth-order valence-corrected chi connectivity index (χ4v) is 2.72. The molecule has 6 heteroatoms. The summed E-state index contributed by atoms with van der Waals surface area (Å²) in [5.74, 6) is 2.82. The number of anilines is 1. The maximum atomic E-state index is 11.8. The molecule has 1 atom stereocenters. The van der Waals surface area contributed by atoms with Crippen molar-refractivity contribution in [3.05, 3.63) is 12.3 Å². The number of thioether (sulfide) groups is 1. The van der Waals surface area contributed by atoms with Crippen LogP contribution in [0.15, 0.2) is 12.3 Å². The Labute approximate surface area is 105 Å². The van der Waals surface area contributed by atoms with Crippen LogP contribution >= 0.6 is 11.8 Å². The van der Waals surface area contributed by atoms with Crippen LogP contribution in [-0.4, -0.2) is 39.8 Å². The van der Waals surface area contributed by atoms with E-state index in [-0.39, 0.29) is 5.91 Å². The van der Waals surface area contributed by atoms with E-state index in [2.05, 4.69) is 15.7 Å². The van der Waals surface area contributed by atoms with Gasteiger partial charge in [-0.05, 0) is 6.92 Å². The van der Waals surface area contributed by atoms with Crippen LogP contribution in [0.5, 0.6) is 0 Å². The van der Waals surface area contributed by atoms with E-state index >= 15 is 0 Å². The van der Waals surface area contributed by atoms with Crippen LogP contribution in [0.3, 0.4) is 0 Å². The first-order valence-corrected chi connectivity index (χ1v) is 7.08. The van der Waals surface area contributed by atoms with Gasteiger partial charge in [-0.15, -0.1) is 0 Å². The van der Waals surface area contributed by atoms with E-state index in [1.165, 1.54) is 0 Å². The Morgan fingerprint density at radius 3 is 3.29 bits per heavy atom. The molecule has 0 saturated carbocycles. The minimum Gasteiger partial charge on any atom is -0.312 e. The molecule has 1 fully saturated rings. The zero-order valence-electron chi connectivity index (χ0n) is 9.98. The lowest BCUT2D eigenvalue weighted by molar-refractivity contribution is -0.116. The molecule has 2 N–H and O–H groups in total. The van der Waals surface area contributed by atoms with Crippen LogP contribution < -0.4 is 10.6 Å². The highest BCUT2D eigenvalue weighted by Gasteiger charge is 2.17. The number of rotatable bonds is 4. The summed E-state index contributed by atoms with van der Waals surface area (Å²) in [5.41, 5.74) is 0. The molecular formula is C11H18N4OS. The molecule has 17 heavy (non-hydrogen) atoms. The van der Waals surface area contributed by atoms with Crippen LogP contribution in [0.25, 0.3) is 0 Å². The van der Waals surface area contributed by atoms with Crippen molar-refractivity contribution in [3.8, 4) is 0 Å². The summed E-state index contributed by atoms with van der Waals surface area (Å²) >= 11 is 1.90. The first-order valence-electron chi connectivity index (χ1n) is 5.92. The van der Waals surface area contributed by atoms with Gasteiger partial charge in [-0.1, -0.05) is 0 Å². The Morgan fingerprint density at radius 2 is 2.65 bits per heavy atom. The maximum absolute atomic E-state index is 11.8. The molecule has 1 aliphatic rings. The van der Waals surface area contributed by atoms with Crippen molar-refractivity contribution in [2.45, 2.75) is 25.9 Å². The Hall–Kier alpha value is -1.01. The van der Waals surface area contributed by atoms with E-state index in [4.69, 9.17) is 0 Å². The quantitative estimate of drug-likeness (QED) is 0.839. The Balaban J connectivity index is 1.79. The van der Waals surface area contributed by atoms with Crippen LogP contribution in [0.1, 0.15) is 13.3 Å². The topological polar surface area (TPSA) is 59.0 Å². The van der Waals surface area contributed by atoms with Crippen molar-refractivity contribution in [2.24, 2.45) is 0 Å². The van der Waals surface area contributed by atoms with Crippen molar-refractivity contribution >= 4 is 23.5 Å². The Morgan fingerprint density at radius 1 is 1.76 bits per heavy atom.